The first-order chi connectivity index (χ1) is 16.2. The van der Waals surface area contributed by atoms with Crippen LogP contribution in [-0.2, 0) is 9.47 Å². The Kier molecular flexibility index (Phi) is 7.06. The maximum absolute atomic E-state index is 12.1. The Bertz CT molecular complexity index is 1040. The molecule has 2 aliphatic rings. The van der Waals surface area contributed by atoms with Crippen LogP contribution < -0.4 is 20.7 Å². The first-order valence-corrected chi connectivity index (χ1v) is 11.8. The lowest BCUT2D eigenvalue weighted by atomic mass is 9.93. The topological polar surface area (TPSA) is 129 Å². The van der Waals surface area contributed by atoms with E-state index in [0.29, 0.717) is 35.6 Å². The summed E-state index contributed by atoms with van der Waals surface area (Å²) in [7, 11) is 0. The van der Waals surface area contributed by atoms with Gasteiger partial charge < -0.3 is 30.2 Å². The summed E-state index contributed by atoms with van der Waals surface area (Å²) >= 11 is 0. The number of ether oxygens (including phenoxy) is 3. The molecule has 1 saturated carbocycles. The molecule has 0 bridgehead atoms. The Morgan fingerprint density at radius 3 is 2.50 bits per heavy atom. The Labute approximate surface area is 199 Å². The third-order valence-corrected chi connectivity index (χ3v) is 5.92. The van der Waals surface area contributed by atoms with Gasteiger partial charge in [-0.3, -0.25) is 9.78 Å². The highest BCUT2D eigenvalue weighted by Crippen LogP contribution is 2.31. The number of nitrogens with one attached hydrogen (secondary N) is 1. The molecule has 0 atom stereocenters. The van der Waals surface area contributed by atoms with Crippen molar-refractivity contribution in [3.8, 4) is 5.88 Å². The first-order valence-electron chi connectivity index (χ1n) is 11.8. The third kappa shape index (κ3) is 6.05. The molecule has 3 N–H and O–H groups in total. The van der Waals surface area contributed by atoms with E-state index in [1.807, 2.05) is 26.8 Å². The van der Waals surface area contributed by atoms with Crippen LogP contribution in [0.2, 0.25) is 0 Å². The second-order valence-electron chi connectivity index (χ2n) is 9.78. The number of carbonyl (C=O) groups excluding carboxylic acids is 2. The van der Waals surface area contributed by atoms with E-state index in [1.54, 1.807) is 6.07 Å². The second kappa shape index (κ2) is 10.0. The van der Waals surface area contributed by atoms with Crippen molar-refractivity contribution in [1.82, 2.24) is 15.3 Å². The van der Waals surface area contributed by atoms with Crippen LogP contribution in [0.15, 0.2) is 18.3 Å². The highest BCUT2D eigenvalue weighted by molar-refractivity contribution is 5.97. The summed E-state index contributed by atoms with van der Waals surface area (Å²) in [5.74, 6) is 0.662. The van der Waals surface area contributed by atoms with Crippen LogP contribution in [0.3, 0.4) is 0 Å². The van der Waals surface area contributed by atoms with Gasteiger partial charge in [0.1, 0.15) is 17.5 Å². The average Bonchev–Trinajstić information content (AvgIpc) is 2.79. The summed E-state index contributed by atoms with van der Waals surface area (Å²) in [5.41, 5.74) is 5.95. The van der Waals surface area contributed by atoms with Crippen LogP contribution in [0.1, 0.15) is 56.8 Å². The maximum Gasteiger partial charge on any atom is 0.407 e. The highest BCUT2D eigenvalue weighted by Gasteiger charge is 2.27. The Morgan fingerprint density at radius 2 is 1.85 bits per heavy atom. The number of carbonyl (C=O) groups is 2. The Hall–Kier alpha value is -3.14. The number of primary amides is 1. The summed E-state index contributed by atoms with van der Waals surface area (Å²) in [6.07, 6.45) is 4.08. The summed E-state index contributed by atoms with van der Waals surface area (Å²) in [5, 5.41) is 3.60. The van der Waals surface area contributed by atoms with Gasteiger partial charge in [-0.15, -0.1) is 0 Å². The normalized spacial score (nSPS) is 21.2. The lowest BCUT2D eigenvalue weighted by Gasteiger charge is -2.31. The molecule has 184 valence electrons. The number of aromatic nitrogens is 2. The molecule has 10 heteroatoms. The molecule has 10 nitrogen and oxygen atoms in total. The first kappa shape index (κ1) is 24.0. The summed E-state index contributed by atoms with van der Waals surface area (Å²) in [4.78, 5) is 35.2. The third-order valence-electron chi connectivity index (χ3n) is 5.92. The molecule has 0 unspecified atom stereocenters. The number of nitrogens with two attached hydrogens (primary N) is 1. The fourth-order valence-electron chi connectivity index (χ4n) is 4.22. The Morgan fingerprint density at radius 1 is 1.15 bits per heavy atom. The van der Waals surface area contributed by atoms with Crippen molar-refractivity contribution in [2.45, 2.75) is 64.2 Å². The van der Waals surface area contributed by atoms with E-state index < -0.39 is 17.6 Å². The van der Waals surface area contributed by atoms with Crippen LogP contribution in [-0.4, -0.2) is 66.0 Å². The molecule has 0 radical (unpaired) electrons. The minimum absolute atomic E-state index is 0.0437. The van der Waals surface area contributed by atoms with Crippen LogP contribution in [0, 0.1) is 0 Å². The summed E-state index contributed by atoms with van der Waals surface area (Å²) in [6, 6.07) is 3.63. The quantitative estimate of drug-likeness (QED) is 0.681. The van der Waals surface area contributed by atoms with Crippen LogP contribution in [0.25, 0.3) is 10.9 Å². The number of amides is 2. The van der Waals surface area contributed by atoms with E-state index in [0.717, 1.165) is 44.6 Å². The molecular weight excluding hydrogens is 438 g/mol. The number of fused-ring (bicyclic) bond motifs is 1. The van der Waals surface area contributed by atoms with Crippen molar-refractivity contribution in [2.75, 3.05) is 31.2 Å². The largest absolute Gasteiger partial charge is 0.474 e. The van der Waals surface area contributed by atoms with Gasteiger partial charge in [0.25, 0.3) is 0 Å². The number of morpholine rings is 1. The fraction of sp³-hybridized carbons (Fsp3) is 0.583. The molecule has 0 spiro atoms. The summed E-state index contributed by atoms with van der Waals surface area (Å²) < 4.78 is 17.2. The smallest absolute Gasteiger partial charge is 0.407 e. The fourth-order valence-corrected chi connectivity index (χ4v) is 4.22. The van der Waals surface area contributed by atoms with Crippen molar-refractivity contribution >= 4 is 28.7 Å². The van der Waals surface area contributed by atoms with Gasteiger partial charge in [-0.05, 0) is 52.5 Å². The van der Waals surface area contributed by atoms with E-state index in [-0.39, 0.29) is 12.1 Å². The van der Waals surface area contributed by atoms with E-state index in [4.69, 9.17) is 24.9 Å². The molecule has 1 saturated heterocycles. The number of anilines is 1. The van der Waals surface area contributed by atoms with Gasteiger partial charge >= 0.3 is 6.09 Å². The lowest BCUT2D eigenvalue weighted by Crippen LogP contribution is -2.42. The SMILES string of the molecule is CC(C)(C)OC(=O)NC1CCC(Oc2nc(N3CCOCC3)cc3ncc(C(N)=O)cc23)CC1. The van der Waals surface area contributed by atoms with Crippen molar-refractivity contribution in [1.29, 1.82) is 0 Å². The number of rotatable bonds is 5. The van der Waals surface area contributed by atoms with E-state index >= 15 is 0 Å². The van der Waals surface area contributed by atoms with Gasteiger partial charge in [-0.1, -0.05) is 0 Å². The zero-order valence-electron chi connectivity index (χ0n) is 20.0. The maximum atomic E-state index is 12.1. The van der Waals surface area contributed by atoms with E-state index in [2.05, 4.69) is 15.2 Å². The van der Waals surface area contributed by atoms with Gasteiger partial charge in [0, 0.05) is 31.4 Å². The monoisotopic (exact) mass is 471 g/mol. The van der Waals surface area contributed by atoms with Gasteiger partial charge in [0.05, 0.1) is 29.7 Å². The standard InChI is InChI=1S/C24H33N5O5/c1-24(2,3)34-23(31)27-16-4-6-17(7-5-16)33-22-18-12-15(21(25)30)14-26-19(18)13-20(28-22)29-8-10-32-11-9-29/h12-14,16-17H,4-11H2,1-3H3,(H2,25,30)(H,27,31). The molecule has 2 fully saturated rings. The van der Waals surface area contributed by atoms with Crippen LogP contribution >= 0.6 is 0 Å². The van der Waals surface area contributed by atoms with Crippen molar-refractivity contribution in [2.24, 2.45) is 5.73 Å². The van der Waals surface area contributed by atoms with Crippen molar-refractivity contribution in [3.05, 3.63) is 23.9 Å². The van der Waals surface area contributed by atoms with E-state index in [1.165, 1.54) is 6.20 Å². The number of nitrogens with zero attached hydrogens (tertiary/aromatic N) is 3. The number of hydrogen-bond acceptors (Lipinski definition) is 8. The van der Waals surface area contributed by atoms with Crippen molar-refractivity contribution in [3.63, 3.8) is 0 Å². The molecule has 1 aliphatic heterocycles. The lowest BCUT2D eigenvalue weighted by molar-refractivity contribution is 0.0470. The minimum atomic E-state index is -0.550. The molecule has 3 heterocycles. The zero-order valence-corrected chi connectivity index (χ0v) is 20.0. The number of pyridine rings is 2. The van der Waals surface area contributed by atoms with Crippen molar-refractivity contribution < 1.29 is 23.8 Å². The summed E-state index contributed by atoms with van der Waals surface area (Å²) in [6.45, 7) is 8.28. The van der Waals surface area contributed by atoms with Gasteiger partial charge in [0.2, 0.25) is 11.8 Å². The molecule has 4 rings (SSSR count). The average molecular weight is 472 g/mol. The highest BCUT2D eigenvalue weighted by atomic mass is 16.6. The van der Waals surface area contributed by atoms with E-state index in [9.17, 15) is 9.59 Å². The predicted molar refractivity (Wildman–Crippen MR) is 127 cm³/mol. The number of alkyl carbamates (subject to hydrolysis) is 1. The minimum Gasteiger partial charge on any atom is -0.474 e. The molecule has 2 amide bonds. The number of hydrogen-bond donors (Lipinski definition) is 2. The van der Waals surface area contributed by atoms with Crippen LogP contribution in [0.5, 0.6) is 5.88 Å². The van der Waals surface area contributed by atoms with Gasteiger partial charge in [0.15, 0.2) is 0 Å². The van der Waals surface area contributed by atoms with Gasteiger partial charge in [-0.2, -0.15) is 4.98 Å². The molecule has 0 aromatic carbocycles. The van der Waals surface area contributed by atoms with Crippen LogP contribution in [0.4, 0.5) is 10.6 Å². The Balaban J connectivity index is 1.49. The second-order valence-corrected chi connectivity index (χ2v) is 9.78. The molecular formula is C24H33N5O5. The molecule has 2 aromatic rings. The predicted octanol–water partition coefficient (Wildman–Crippen LogP) is 2.78. The molecule has 34 heavy (non-hydrogen) atoms. The zero-order chi connectivity index (χ0) is 24.3. The molecule has 1 aliphatic carbocycles. The van der Waals surface area contributed by atoms with Gasteiger partial charge in [-0.25, -0.2) is 4.79 Å². The molecule has 2 aromatic heterocycles.